The lowest BCUT2D eigenvalue weighted by Crippen LogP contribution is -2.10. The third-order valence-electron chi connectivity index (χ3n) is 2.22. The SMILES string of the molecule is Cc1cc(Oc2cc(NN)nc(N)n2)ccc1F. The molecule has 0 atom stereocenters. The molecule has 0 aliphatic heterocycles. The molecule has 5 N–H and O–H groups in total. The molecule has 1 aromatic carbocycles. The monoisotopic (exact) mass is 249 g/mol. The molecule has 1 aromatic heterocycles. The van der Waals surface area contributed by atoms with Gasteiger partial charge in [-0.25, -0.2) is 10.2 Å². The van der Waals surface area contributed by atoms with Crippen molar-refractivity contribution in [3.05, 3.63) is 35.6 Å². The van der Waals surface area contributed by atoms with Crippen LogP contribution in [0, 0.1) is 12.7 Å². The summed E-state index contributed by atoms with van der Waals surface area (Å²) in [4.78, 5) is 7.70. The average Bonchev–Trinajstić information content (AvgIpc) is 2.33. The van der Waals surface area contributed by atoms with Gasteiger partial charge in [-0.15, -0.1) is 0 Å². The van der Waals surface area contributed by atoms with Gasteiger partial charge in [-0.1, -0.05) is 0 Å². The van der Waals surface area contributed by atoms with E-state index < -0.39 is 0 Å². The van der Waals surface area contributed by atoms with Crippen LogP contribution in [-0.4, -0.2) is 9.97 Å². The van der Waals surface area contributed by atoms with Crippen LogP contribution in [0.15, 0.2) is 24.3 Å². The first-order chi connectivity index (χ1) is 8.58. The van der Waals surface area contributed by atoms with E-state index in [0.29, 0.717) is 17.1 Å². The summed E-state index contributed by atoms with van der Waals surface area (Å²) in [6, 6.07) is 5.85. The second kappa shape index (κ2) is 4.84. The molecule has 0 spiro atoms. The Bertz CT molecular complexity index is 575. The highest BCUT2D eigenvalue weighted by Crippen LogP contribution is 2.23. The van der Waals surface area contributed by atoms with E-state index in [2.05, 4.69) is 15.4 Å². The predicted molar refractivity (Wildman–Crippen MR) is 65.5 cm³/mol. The molecule has 0 radical (unpaired) electrons. The van der Waals surface area contributed by atoms with E-state index in [1.807, 2.05) is 0 Å². The molecule has 0 saturated carbocycles. The number of hydrogen-bond donors (Lipinski definition) is 3. The fourth-order valence-electron chi connectivity index (χ4n) is 1.37. The highest BCUT2D eigenvalue weighted by Gasteiger charge is 2.05. The van der Waals surface area contributed by atoms with Gasteiger partial charge in [-0.3, -0.25) is 0 Å². The Labute approximate surface area is 103 Å². The number of benzene rings is 1. The largest absolute Gasteiger partial charge is 0.439 e. The van der Waals surface area contributed by atoms with Crippen molar-refractivity contribution in [2.24, 2.45) is 5.84 Å². The summed E-state index contributed by atoms with van der Waals surface area (Å²) in [6.07, 6.45) is 0. The molecule has 1 heterocycles. The molecular formula is C11H12FN5O. The lowest BCUT2D eigenvalue weighted by Gasteiger charge is -2.08. The maximum Gasteiger partial charge on any atom is 0.226 e. The Hall–Kier alpha value is -2.41. The van der Waals surface area contributed by atoms with E-state index in [0.717, 1.165) is 0 Å². The van der Waals surface area contributed by atoms with Gasteiger partial charge < -0.3 is 15.9 Å². The summed E-state index contributed by atoms with van der Waals surface area (Å²) in [5.41, 5.74) is 8.31. The molecule has 18 heavy (non-hydrogen) atoms. The van der Waals surface area contributed by atoms with Gasteiger partial charge in [0, 0.05) is 6.07 Å². The maximum atomic E-state index is 13.1. The molecule has 0 unspecified atom stereocenters. The Morgan fingerprint density at radius 2 is 2.06 bits per heavy atom. The van der Waals surface area contributed by atoms with Gasteiger partial charge in [-0.05, 0) is 30.7 Å². The lowest BCUT2D eigenvalue weighted by atomic mass is 10.2. The standard InChI is InChI=1S/C11H12FN5O/c1-6-4-7(2-3-8(6)12)18-10-5-9(17-14)15-11(13)16-10/h2-5H,14H2,1H3,(H3,13,15,16,17). The second-order valence-electron chi connectivity index (χ2n) is 3.61. The minimum Gasteiger partial charge on any atom is -0.439 e. The van der Waals surface area contributed by atoms with Gasteiger partial charge in [0.2, 0.25) is 11.8 Å². The molecule has 6 nitrogen and oxygen atoms in total. The van der Waals surface area contributed by atoms with Gasteiger partial charge in [0.05, 0.1) is 0 Å². The number of ether oxygens (including phenoxy) is 1. The Morgan fingerprint density at radius 3 is 2.72 bits per heavy atom. The van der Waals surface area contributed by atoms with Crippen molar-refractivity contribution >= 4 is 11.8 Å². The summed E-state index contributed by atoms with van der Waals surface area (Å²) in [5, 5.41) is 0. The fourth-order valence-corrected chi connectivity index (χ4v) is 1.37. The second-order valence-corrected chi connectivity index (χ2v) is 3.61. The number of anilines is 2. The predicted octanol–water partition coefficient (Wildman–Crippen LogP) is 1.58. The lowest BCUT2D eigenvalue weighted by molar-refractivity contribution is 0.460. The molecule has 0 amide bonds. The van der Waals surface area contributed by atoms with Crippen LogP contribution in [0.1, 0.15) is 5.56 Å². The molecule has 0 saturated heterocycles. The van der Waals surface area contributed by atoms with Crippen molar-refractivity contribution in [1.29, 1.82) is 0 Å². The molecule has 0 bridgehead atoms. The van der Waals surface area contributed by atoms with E-state index in [-0.39, 0.29) is 17.6 Å². The van der Waals surface area contributed by atoms with Crippen LogP contribution in [0.5, 0.6) is 11.6 Å². The number of nitrogens with two attached hydrogens (primary N) is 2. The highest BCUT2D eigenvalue weighted by atomic mass is 19.1. The first-order valence-electron chi connectivity index (χ1n) is 5.13. The van der Waals surface area contributed by atoms with Gasteiger partial charge in [-0.2, -0.15) is 9.97 Å². The topological polar surface area (TPSA) is 99.1 Å². The molecule has 0 aliphatic carbocycles. The average molecular weight is 249 g/mol. The van der Waals surface area contributed by atoms with Crippen molar-refractivity contribution in [2.45, 2.75) is 6.92 Å². The third-order valence-corrected chi connectivity index (χ3v) is 2.22. The minimum atomic E-state index is -0.297. The summed E-state index contributed by atoms with van der Waals surface area (Å²) in [6.45, 7) is 1.64. The van der Waals surface area contributed by atoms with Crippen molar-refractivity contribution in [2.75, 3.05) is 11.2 Å². The number of hydrazine groups is 1. The zero-order valence-electron chi connectivity index (χ0n) is 9.64. The van der Waals surface area contributed by atoms with E-state index in [1.165, 1.54) is 18.2 Å². The number of hydrogen-bond acceptors (Lipinski definition) is 6. The molecule has 7 heteroatoms. The molecule has 0 fully saturated rings. The molecule has 94 valence electrons. The van der Waals surface area contributed by atoms with Crippen LogP contribution in [0.25, 0.3) is 0 Å². The fraction of sp³-hybridized carbons (Fsp3) is 0.0909. The number of aryl methyl sites for hydroxylation is 1. The summed E-state index contributed by atoms with van der Waals surface area (Å²) >= 11 is 0. The summed E-state index contributed by atoms with van der Waals surface area (Å²) in [5.74, 6) is 5.96. The van der Waals surface area contributed by atoms with Crippen LogP contribution in [0.2, 0.25) is 0 Å². The van der Waals surface area contributed by atoms with Crippen LogP contribution < -0.4 is 21.7 Å². The van der Waals surface area contributed by atoms with Gasteiger partial charge in [0.15, 0.2) is 0 Å². The van der Waals surface area contributed by atoms with Crippen molar-refractivity contribution in [1.82, 2.24) is 9.97 Å². The number of halogens is 1. The number of nitrogen functional groups attached to an aromatic ring is 2. The first-order valence-corrected chi connectivity index (χ1v) is 5.13. The van der Waals surface area contributed by atoms with Gasteiger partial charge >= 0.3 is 0 Å². The molecule has 0 aliphatic rings. The van der Waals surface area contributed by atoms with E-state index in [1.54, 1.807) is 13.0 Å². The Kier molecular flexibility index (Phi) is 3.24. The van der Waals surface area contributed by atoms with Crippen molar-refractivity contribution in [3.8, 4) is 11.6 Å². The van der Waals surface area contributed by atoms with Crippen LogP contribution >= 0.6 is 0 Å². The van der Waals surface area contributed by atoms with Crippen molar-refractivity contribution in [3.63, 3.8) is 0 Å². The van der Waals surface area contributed by atoms with Crippen LogP contribution in [-0.2, 0) is 0 Å². The third kappa shape index (κ3) is 2.64. The summed E-state index contributed by atoms with van der Waals surface area (Å²) in [7, 11) is 0. The van der Waals surface area contributed by atoms with Crippen LogP contribution in [0.3, 0.4) is 0 Å². The van der Waals surface area contributed by atoms with E-state index in [9.17, 15) is 4.39 Å². The number of nitrogens with zero attached hydrogens (tertiary/aromatic N) is 2. The minimum absolute atomic E-state index is 0.0271. The molecule has 2 rings (SSSR count). The zero-order chi connectivity index (χ0) is 13.1. The zero-order valence-corrected chi connectivity index (χ0v) is 9.64. The molecule has 2 aromatic rings. The Morgan fingerprint density at radius 1 is 1.28 bits per heavy atom. The number of aromatic nitrogens is 2. The quantitative estimate of drug-likeness (QED) is 0.564. The van der Waals surface area contributed by atoms with Gasteiger partial charge in [0.25, 0.3) is 0 Å². The van der Waals surface area contributed by atoms with Crippen LogP contribution in [0.4, 0.5) is 16.2 Å². The van der Waals surface area contributed by atoms with E-state index in [4.69, 9.17) is 16.3 Å². The highest BCUT2D eigenvalue weighted by molar-refractivity contribution is 5.43. The summed E-state index contributed by atoms with van der Waals surface area (Å²) < 4.78 is 18.5. The first kappa shape index (κ1) is 12.1. The normalized spacial score (nSPS) is 10.2. The maximum absolute atomic E-state index is 13.1. The molecular weight excluding hydrogens is 237 g/mol. The van der Waals surface area contributed by atoms with Gasteiger partial charge in [0.1, 0.15) is 17.4 Å². The number of nitrogens with one attached hydrogen (secondary N) is 1. The van der Waals surface area contributed by atoms with E-state index >= 15 is 0 Å². The Balaban J connectivity index is 2.27. The smallest absolute Gasteiger partial charge is 0.226 e. The number of rotatable bonds is 3. The van der Waals surface area contributed by atoms with Crippen molar-refractivity contribution < 1.29 is 9.13 Å².